The van der Waals surface area contributed by atoms with Gasteiger partial charge >= 0.3 is 0 Å². The largest absolute Gasteiger partial charge is 0.323 e. The first-order chi connectivity index (χ1) is 9.27. The summed E-state index contributed by atoms with van der Waals surface area (Å²) in [6.45, 7) is 5.75. The Bertz CT molecular complexity index is 359. The molecule has 0 spiro atoms. The van der Waals surface area contributed by atoms with E-state index in [0.29, 0.717) is 6.04 Å². The maximum absolute atomic E-state index is 6.55. The monoisotopic (exact) mass is 260 g/mol. The molecule has 2 rings (SSSR count). The average molecular weight is 260 g/mol. The van der Waals surface area contributed by atoms with E-state index in [1.807, 2.05) is 0 Å². The molecule has 1 fully saturated rings. The summed E-state index contributed by atoms with van der Waals surface area (Å²) in [5.74, 6) is 0. The predicted molar refractivity (Wildman–Crippen MR) is 82.1 cm³/mol. The van der Waals surface area contributed by atoms with Crippen molar-refractivity contribution < 1.29 is 0 Å². The molecule has 1 aliphatic rings. The maximum Gasteiger partial charge on any atom is 0.0453 e. The van der Waals surface area contributed by atoms with Gasteiger partial charge in [-0.25, -0.2) is 0 Å². The number of nitrogens with zero attached hydrogens (tertiary/aromatic N) is 1. The van der Waals surface area contributed by atoms with E-state index in [9.17, 15) is 0 Å². The summed E-state index contributed by atoms with van der Waals surface area (Å²) in [5.41, 5.74) is 7.82. The zero-order valence-electron chi connectivity index (χ0n) is 12.4. The van der Waals surface area contributed by atoms with Gasteiger partial charge in [0.05, 0.1) is 0 Å². The second-order valence-electron chi connectivity index (χ2n) is 5.73. The van der Waals surface area contributed by atoms with E-state index in [1.165, 1.54) is 37.8 Å². The number of unbranched alkanes of at least 4 members (excludes halogenated alkanes) is 1. The Morgan fingerprint density at radius 1 is 1.21 bits per heavy atom. The van der Waals surface area contributed by atoms with Crippen LogP contribution in [0.5, 0.6) is 0 Å². The molecule has 2 atom stereocenters. The molecule has 0 aliphatic heterocycles. The van der Waals surface area contributed by atoms with E-state index in [2.05, 4.69) is 49.1 Å². The molecule has 2 nitrogen and oxygen atoms in total. The van der Waals surface area contributed by atoms with Gasteiger partial charge in [-0.3, -0.25) is 4.90 Å². The molecule has 0 heterocycles. The number of benzene rings is 1. The Balaban J connectivity index is 2.08. The Hall–Kier alpha value is -0.860. The van der Waals surface area contributed by atoms with Crippen LogP contribution >= 0.6 is 0 Å². The molecular weight excluding hydrogens is 232 g/mol. The van der Waals surface area contributed by atoms with Gasteiger partial charge in [0.25, 0.3) is 0 Å². The average Bonchev–Trinajstić information content (AvgIpc) is 3.28. The highest BCUT2D eigenvalue weighted by molar-refractivity contribution is 5.20. The molecule has 19 heavy (non-hydrogen) atoms. The lowest BCUT2D eigenvalue weighted by Gasteiger charge is -2.35. The van der Waals surface area contributed by atoms with Crippen LogP contribution in [0.2, 0.25) is 0 Å². The summed E-state index contributed by atoms with van der Waals surface area (Å²) in [6, 6.07) is 12.0. The minimum atomic E-state index is 0.142. The second kappa shape index (κ2) is 7.06. The summed E-state index contributed by atoms with van der Waals surface area (Å²) in [4.78, 5) is 2.68. The predicted octanol–water partition coefficient (Wildman–Crippen LogP) is 3.73. The van der Waals surface area contributed by atoms with Crippen molar-refractivity contribution in [3.63, 3.8) is 0 Å². The van der Waals surface area contributed by atoms with Crippen LogP contribution in [0.1, 0.15) is 57.6 Å². The Morgan fingerprint density at radius 3 is 2.42 bits per heavy atom. The molecule has 1 aromatic carbocycles. The van der Waals surface area contributed by atoms with Gasteiger partial charge in [-0.15, -0.1) is 0 Å². The lowest BCUT2D eigenvalue weighted by atomic mass is 9.96. The summed E-state index contributed by atoms with van der Waals surface area (Å²) in [6.07, 6.45) is 6.41. The van der Waals surface area contributed by atoms with Gasteiger partial charge in [0.15, 0.2) is 0 Å². The normalized spacial score (nSPS) is 18.5. The molecular formula is C17H28N2. The van der Waals surface area contributed by atoms with Crippen molar-refractivity contribution in [3.8, 4) is 0 Å². The van der Waals surface area contributed by atoms with Crippen LogP contribution in [0.4, 0.5) is 0 Å². The standard InChI is InChI=1S/C17H28N2/c1-3-5-13-19(15-11-12-15)16(4-2)17(18)14-9-7-6-8-10-14/h6-10,15-17H,3-5,11-13,18H2,1-2H3. The first-order valence-electron chi connectivity index (χ1n) is 7.84. The van der Waals surface area contributed by atoms with Crippen LogP contribution < -0.4 is 5.73 Å². The van der Waals surface area contributed by atoms with Crippen molar-refractivity contribution in [2.24, 2.45) is 5.73 Å². The van der Waals surface area contributed by atoms with Crippen LogP contribution in [0.3, 0.4) is 0 Å². The van der Waals surface area contributed by atoms with E-state index < -0.39 is 0 Å². The molecule has 1 aliphatic carbocycles. The number of rotatable bonds is 8. The molecule has 0 saturated heterocycles. The van der Waals surface area contributed by atoms with Crippen molar-refractivity contribution in [2.75, 3.05) is 6.54 Å². The fourth-order valence-corrected chi connectivity index (χ4v) is 2.96. The number of hydrogen-bond acceptors (Lipinski definition) is 2. The molecule has 0 amide bonds. The Kier molecular flexibility index (Phi) is 5.41. The number of hydrogen-bond donors (Lipinski definition) is 1. The highest BCUT2D eigenvalue weighted by Crippen LogP contribution is 2.33. The third-order valence-corrected chi connectivity index (χ3v) is 4.23. The van der Waals surface area contributed by atoms with E-state index >= 15 is 0 Å². The molecule has 1 aromatic rings. The van der Waals surface area contributed by atoms with Crippen LogP contribution in [0.15, 0.2) is 30.3 Å². The van der Waals surface area contributed by atoms with E-state index in [0.717, 1.165) is 12.5 Å². The van der Waals surface area contributed by atoms with E-state index in [-0.39, 0.29) is 6.04 Å². The zero-order chi connectivity index (χ0) is 13.7. The maximum atomic E-state index is 6.55. The molecule has 0 radical (unpaired) electrons. The molecule has 1 saturated carbocycles. The van der Waals surface area contributed by atoms with E-state index in [4.69, 9.17) is 5.73 Å². The fourth-order valence-electron chi connectivity index (χ4n) is 2.96. The van der Waals surface area contributed by atoms with Crippen molar-refractivity contribution in [1.29, 1.82) is 0 Å². The van der Waals surface area contributed by atoms with Gasteiger partial charge in [-0.05, 0) is 37.8 Å². The Labute approximate surface area is 118 Å². The van der Waals surface area contributed by atoms with Gasteiger partial charge in [0.2, 0.25) is 0 Å². The summed E-state index contributed by atoms with van der Waals surface area (Å²) < 4.78 is 0. The van der Waals surface area contributed by atoms with Crippen molar-refractivity contribution in [3.05, 3.63) is 35.9 Å². The van der Waals surface area contributed by atoms with Gasteiger partial charge in [-0.1, -0.05) is 50.6 Å². The first-order valence-corrected chi connectivity index (χ1v) is 7.84. The zero-order valence-corrected chi connectivity index (χ0v) is 12.4. The Morgan fingerprint density at radius 2 is 1.89 bits per heavy atom. The molecule has 2 heteroatoms. The highest BCUT2D eigenvalue weighted by Gasteiger charge is 2.35. The smallest absolute Gasteiger partial charge is 0.0453 e. The van der Waals surface area contributed by atoms with Crippen LogP contribution in [0, 0.1) is 0 Å². The van der Waals surface area contributed by atoms with Crippen LogP contribution in [-0.4, -0.2) is 23.5 Å². The summed E-state index contributed by atoms with van der Waals surface area (Å²) in [7, 11) is 0. The topological polar surface area (TPSA) is 29.3 Å². The summed E-state index contributed by atoms with van der Waals surface area (Å²) >= 11 is 0. The third-order valence-electron chi connectivity index (χ3n) is 4.23. The summed E-state index contributed by atoms with van der Waals surface area (Å²) in [5, 5.41) is 0. The minimum absolute atomic E-state index is 0.142. The SMILES string of the molecule is CCCCN(C1CC1)C(CC)C(N)c1ccccc1. The first kappa shape index (κ1) is 14.5. The number of nitrogens with two attached hydrogens (primary N) is 1. The molecule has 0 aromatic heterocycles. The van der Waals surface area contributed by atoms with Crippen molar-refractivity contribution in [1.82, 2.24) is 4.90 Å². The molecule has 2 N–H and O–H groups in total. The van der Waals surface area contributed by atoms with Crippen LogP contribution in [-0.2, 0) is 0 Å². The second-order valence-corrected chi connectivity index (χ2v) is 5.73. The van der Waals surface area contributed by atoms with Crippen molar-refractivity contribution >= 4 is 0 Å². The highest BCUT2D eigenvalue weighted by atomic mass is 15.2. The quantitative estimate of drug-likeness (QED) is 0.771. The molecule has 106 valence electrons. The van der Waals surface area contributed by atoms with E-state index in [1.54, 1.807) is 0 Å². The van der Waals surface area contributed by atoms with Gasteiger partial charge in [0, 0.05) is 18.1 Å². The van der Waals surface area contributed by atoms with Crippen molar-refractivity contribution in [2.45, 2.75) is 64.1 Å². The van der Waals surface area contributed by atoms with Crippen LogP contribution in [0.25, 0.3) is 0 Å². The molecule has 2 unspecified atom stereocenters. The van der Waals surface area contributed by atoms with Gasteiger partial charge in [0.1, 0.15) is 0 Å². The van der Waals surface area contributed by atoms with Gasteiger partial charge in [-0.2, -0.15) is 0 Å². The lowest BCUT2D eigenvalue weighted by molar-refractivity contribution is 0.154. The third kappa shape index (κ3) is 3.80. The van der Waals surface area contributed by atoms with Gasteiger partial charge < -0.3 is 5.73 Å². The minimum Gasteiger partial charge on any atom is -0.323 e. The fraction of sp³-hybridized carbons (Fsp3) is 0.647. The lowest BCUT2D eigenvalue weighted by Crippen LogP contribution is -2.44. The molecule has 0 bridgehead atoms.